The van der Waals surface area contributed by atoms with Crippen LogP contribution in [0.4, 0.5) is 22.7 Å². The average molecular weight is 981 g/mol. The first-order valence-corrected chi connectivity index (χ1v) is 23.4. The SMILES string of the molecule is C.C.CNc1ccc(-c2nc3ccc(C(C)=O)cc3nc2-c2ccc(NC)cc2)cc1.CNc1ccc(Oc2ccc(-c3nc4ccc(C(C)=O)cc4nc3-c3ccc(Oc4ccc(NC)cc4)cc3)cc2)cc1. The van der Waals surface area contributed by atoms with Crippen molar-refractivity contribution in [1.29, 1.82) is 0 Å². The predicted octanol–water partition coefficient (Wildman–Crippen LogP) is 15.4. The number of benzene rings is 8. The number of hydrogen-bond donors (Lipinski definition) is 4. The Bertz CT molecular complexity index is 3530. The highest BCUT2D eigenvalue weighted by Gasteiger charge is 2.17. The molecule has 0 aliphatic rings. The highest BCUT2D eigenvalue weighted by molar-refractivity contribution is 5.99. The smallest absolute Gasteiger partial charge is 0.159 e. The van der Waals surface area contributed by atoms with E-state index in [0.717, 1.165) is 79.1 Å². The van der Waals surface area contributed by atoms with E-state index in [4.69, 9.17) is 29.4 Å². The van der Waals surface area contributed by atoms with E-state index in [1.165, 1.54) is 0 Å². The van der Waals surface area contributed by atoms with E-state index in [1.807, 2.05) is 192 Å². The van der Waals surface area contributed by atoms with Crippen LogP contribution in [0.15, 0.2) is 182 Å². The molecule has 0 fully saturated rings. The highest BCUT2D eigenvalue weighted by Crippen LogP contribution is 2.36. The molecule has 10 aromatic rings. The van der Waals surface area contributed by atoms with Crippen molar-refractivity contribution in [2.24, 2.45) is 0 Å². The molecule has 0 atom stereocenters. The fourth-order valence-electron chi connectivity index (χ4n) is 7.95. The van der Waals surface area contributed by atoms with E-state index < -0.39 is 0 Å². The summed E-state index contributed by atoms with van der Waals surface area (Å²) >= 11 is 0. The zero-order valence-electron chi connectivity index (χ0n) is 40.7. The van der Waals surface area contributed by atoms with Gasteiger partial charge in [0.15, 0.2) is 11.6 Å². The molecule has 4 N–H and O–H groups in total. The summed E-state index contributed by atoms with van der Waals surface area (Å²) in [5.41, 5.74) is 14.9. The van der Waals surface area contributed by atoms with Crippen LogP contribution in [0.25, 0.3) is 67.1 Å². The zero-order valence-corrected chi connectivity index (χ0v) is 40.7. The first-order valence-electron chi connectivity index (χ1n) is 23.4. The quantitative estimate of drug-likeness (QED) is 0.0767. The number of carbonyl (C=O) groups is 2. The van der Waals surface area contributed by atoms with Gasteiger partial charge in [0.25, 0.3) is 0 Å². The Balaban J connectivity index is 0.000000226. The highest BCUT2D eigenvalue weighted by atomic mass is 16.5. The lowest BCUT2D eigenvalue weighted by Crippen LogP contribution is -1.98. The van der Waals surface area contributed by atoms with E-state index >= 15 is 0 Å². The molecule has 74 heavy (non-hydrogen) atoms. The summed E-state index contributed by atoms with van der Waals surface area (Å²) in [5, 5.41) is 12.5. The molecule has 372 valence electrons. The number of Topliss-reactive ketones (excluding diaryl/α,β-unsaturated/α-hetero) is 2. The van der Waals surface area contributed by atoms with Crippen LogP contribution in [0.2, 0.25) is 0 Å². The molecular formula is C62H60N8O4. The van der Waals surface area contributed by atoms with E-state index in [0.29, 0.717) is 44.9 Å². The van der Waals surface area contributed by atoms with Gasteiger partial charge in [-0.15, -0.1) is 0 Å². The molecule has 0 saturated heterocycles. The standard InChI is InChI=1S/C36H30N4O3.C24H22N4O.2CH4/c1-23(41)26-8-21-33-34(22-26)40-36(25-6-15-30(16-7-25)43-32-19-11-28(38-3)12-20-32)35(39-33)24-4-13-29(14-5-24)42-31-17-9-27(37-2)10-18-31;1-15(29)18-8-13-21-22(14-18)28-24(17-6-11-20(26-3)12-7-17)23(27-21)16-4-9-19(25-2)10-5-16;;/h4-22,37-38H,1-3H3;4-14,25-26H,1-3H3;2*1H4. The van der Waals surface area contributed by atoms with Gasteiger partial charge in [0.05, 0.1) is 44.8 Å². The number of ketones is 2. The first-order chi connectivity index (χ1) is 35.1. The van der Waals surface area contributed by atoms with Gasteiger partial charge in [0, 0.05) is 84.3 Å². The third-order valence-corrected chi connectivity index (χ3v) is 12.0. The van der Waals surface area contributed by atoms with Crippen LogP contribution in [0.3, 0.4) is 0 Å². The number of carbonyl (C=O) groups excluding carboxylic acids is 2. The second kappa shape index (κ2) is 23.7. The van der Waals surface area contributed by atoms with E-state index in [2.05, 4.69) is 21.3 Å². The normalized spacial score (nSPS) is 10.5. The van der Waals surface area contributed by atoms with Gasteiger partial charge in [0.1, 0.15) is 23.0 Å². The van der Waals surface area contributed by atoms with Crippen molar-refractivity contribution in [1.82, 2.24) is 19.9 Å². The van der Waals surface area contributed by atoms with Gasteiger partial charge in [0.2, 0.25) is 0 Å². The van der Waals surface area contributed by atoms with Crippen LogP contribution in [-0.2, 0) is 0 Å². The van der Waals surface area contributed by atoms with Gasteiger partial charge in [-0.3, -0.25) is 9.59 Å². The molecule has 0 amide bonds. The van der Waals surface area contributed by atoms with Crippen LogP contribution < -0.4 is 30.7 Å². The molecule has 0 radical (unpaired) electrons. The van der Waals surface area contributed by atoms with Gasteiger partial charge in [-0.05, 0) is 172 Å². The number of rotatable bonds is 14. The summed E-state index contributed by atoms with van der Waals surface area (Å²) in [6, 6.07) is 58.2. The number of fused-ring (bicyclic) bond motifs is 2. The van der Waals surface area contributed by atoms with Gasteiger partial charge < -0.3 is 30.7 Å². The van der Waals surface area contributed by atoms with Crippen molar-refractivity contribution in [3.63, 3.8) is 0 Å². The van der Waals surface area contributed by atoms with Gasteiger partial charge in [-0.25, -0.2) is 19.9 Å². The third kappa shape index (κ3) is 12.0. The minimum absolute atomic E-state index is 0. The Morgan fingerprint density at radius 3 is 0.811 bits per heavy atom. The monoisotopic (exact) mass is 980 g/mol. The molecule has 0 unspecified atom stereocenters. The van der Waals surface area contributed by atoms with Crippen molar-refractivity contribution in [2.75, 3.05) is 49.5 Å². The molecule has 2 heterocycles. The maximum atomic E-state index is 12.1. The van der Waals surface area contributed by atoms with E-state index in [-0.39, 0.29) is 26.4 Å². The molecule has 0 saturated carbocycles. The van der Waals surface area contributed by atoms with Crippen LogP contribution in [-0.4, -0.2) is 59.7 Å². The van der Waals surface area contributed by atoms with Crippen molar-refractivity contribution in [2.45, 2.75) is 28.7 Å². The Labute approximate surface area is 432 Å². The molecule has 0 aliphatic heterocycles. The van der Waals surface area contributed by atoms with Crippen molar-refractivity contribution in [3.8, 4) is 68.0 Å². The fraction of sp³-hybridized carbons (Fsp3) is 0.129. The maximum absolute atomic E-state index is 12.1. The Hall–Kier alpha value is -9.42. The lowest BCUT2D eigenvalue weighted by atomic mass is 10.0. The zero-order chi connectivity index (χ0) is 50.1. The lowest BCUT2D eigenvalue weighted by Gasteiger charge is -2.13. The van der Waals surface area contributed by atoms with Crippen LogP contribution in [0.5, 0.6) is 23.0 Å². The van der Waals surface area contributed by atoms with Crippen LogP contribution in [0, 0.1) is 0 Å². The van der Waals surface area contributed by atoms with Crippen molar-refractivity contribution < 1.29 is 19.1 Å². The summed E-state index contributed by atoms with van der Waals surface area (Å²) in [4.78, 5) is 43.7. The van der Waals surface area contributed by atoms with Crippen LogP contribution >= 0.6 is 0 Å². The molecule has 12 nitrogen and oxygen atoms in total. The Morgan fingerprint density at radius 2 is 0.554 bits per heavy atom. The number of nitrogens with zero attached hydrogens (tertiary/aromatic N) is 4. The summed E-state index contributed by atoms with van der Waals surface area (Å²) in [7, 11) is 7.55. The summed E-state index contributed by atoms with van der Waals surface area (Å²) in [5.74, 6) is 2.91. The maximum Gasteiger partial charge on any atom is 0.159 e. The molecular weight excluding hydrogens is 921 g/mol. The average Bonchev–Trinajstić information content (AvgIpc) is 3.43. The molecule has 10 rings (SSSR count). The third-order valence-electron chi connectivity index (χ3n) is 12.0. The second-order valence-electron chi connectivity index (χ2n) is 16.8. The van der Waals surface area contributed by atoms with Crippen molar-refractivity contribution >= 4 is 56.4 Å². The summed E-state index contributed by atoms with van der Waals surface area (Å²) in [6.07, 6.45) is 0. The Morgan fingerprint density at radius 1 is 0.324 bits per heavy atom. The summed E-state index contributed by atoms with van der Waals surface area (Å²) in [6.45, 7) is 3.11. The molecule has 2 aromatic heterocycles. The molecule has 8 aromatic carbocycles. The van der Waals surface area contributed by atoms with Crippen LogP contribution in [0.1, 0.15) is 49.4 Å². The number of ether oxygens (including phenoxy) is 2. The number of hydrogen-bond acceptors (Lipinski definition) is 12. The molecule has 0 spiro atoms. The first kappa shape index (κ1) is 52.4. The minimum Gasteiger partial charge on any atom is -0.457 e. The fourth-order valence-corrected chi connectivity index (χ4v) is 7.95. The number of aromatic nitrogens is 4. The van der Waals surface area contributed by atoms with Gasteiger partial charge in [-0.2, -0.15) is 0 Å². The Kier molecular flexibility index (Phi) is 16.8. The number of anilines is 4. The van der Waals surface area contributed by atoms with Crippen molar-refractivity contribution in [3.05, 3.63) is 193 Å². The molecule has 0 bridgehead atoms. The molecule has 0 aliphatic carbocycles. The predicted molar refractivity (Wildman–Crippen MR) is 306 cm³/mol. The van der Waals surface area contributed by atoms with Gasteiger partial charge >= 0.3 is 0 Å². The largest absolute Gasteiger partial charge is 0.457 e. The van der Waals surface area contributed by atoms with E-state index in [9.17, 15) is 9.59 Å². The van der Waals surface area contributed by atoms with Gasteiger partial charge in [-0.1, -0.05) is 39.1 Å². The lowest BCUT2D eigenvalue weighted by molar-refractivity contribution is 0.100. The van der Waals surface area contributed by atoms with E-state index in [1.54, 1.807) is 32.0 Å². The summed E-state index contributed by atoms with van der Waals surface area (Å²) < 4.78 is 12.1. The second-order valence-corrected chi connectivity index (χ2v) is 16.8. The minimum atomic E-state index is -0.0187. The number of nitrogens with one attached hydrogen (secondary N) is 4. The molecule has 12 heteroatoms. The topological polar surface area (TPSA) is 152 Å².